The molecular formula is C15H16N4O3S. The van der Waals surface area contributed by atoms with Gasteiger partial charge in [0.15, 0.2) is 0 Å². The van der Waals surface area contributed by atoms with Crippen molar-refractivity contribution in [2.75, 3.05) is 19.0 Å². The highest BCUT2D eigenvalue weighted by molar-refractivity contribution is 7.71. The first kappa shape index (κ1) is 16.5. The summed E-state index contributed by atoms with van der Waals surface area (Å²) in [6.45, 7) is 0.00819. The summed E-state index contributed by atoms with van der Waals surface area (Å²) in [4.78, 5) is 26.3. The fourth-order valence-corrected chi connectivity index (χ4v) is 1.96. The first-order valence-corrected chi connectivity index (χ1v) is 7.16. The number of benzene rings is 1. The van der Waals surface area contributed by atoms with Crippen LogP contribution in [0.2, 0.25) is 0 Å². The Bertz CT molecular complexity index is 743. The highest BCUT2D eigenvalue weighted by atomic mass is 32.1. The molecule has 0 unspecified atom stereocenters. The number of H-pyrrole nitrogens is 1. The number of hydrogen-bond acceptors (Lipinski definition) is 5. The molecule has 0 aliphatic heterocycles. The molecule has 1 aromatic carbocycles. The molecule has 2 amide bonds. The van der Waals surface area contributed by atoms with E-state index in [9.17, 15) is 9.59 Å². The van der Waals surface area contributed by atoms with Crippen molar-refractivity contribution in [3.8, 4) is 5.75 Å². The summed E-state index contributed by atoms with van der Waals surface area (Å²) >= 11 is 4.99. The number of aromatic amines is 1. The minimum absolute atomic E-state index is 0.00819. The minimum Gasteiger partial charge on any atom is -0.497 e. The third-order valence-corrected chi connectivity index (χ3v) is 3.26. The maximum atomic E-state index is 11.9. The van der Waals surface area contributed by atoms with Gasteiger partial charge < -0.3 is 15.0 Å². The third-order valence-electron chi connectivity index (χ3n) is 2.92. The van der Waals surface area contributed by atoms with E-state index in [0.29, 0.717) is 4.64 Å². The fourth-order valence-electron chi connectivity index (χ4n) is 1.73. The van der Waals surface area contributed by atoms with Crippen molar-refractivity contribution >= 4 is 29.7 Å². The molecule has 0 atom stereocenters. The Kier molecular flexibility index (Phi) is 5.70. The number of ether oxygens (including phenoxy) is 1. The van der Waals surface area contributed by atoms with Gasteiger partial charge in [0, 0.05) is 11.9 Å². The van der Waals surface area contributed by atoms with E-state index in [0.717, 1.165) is 11.4 Å². The van der Waals surface area contributed by atoms with E-state index in [-0.39, 0.29) is 18.0 Å². The molecule has 2 rings (SSSR count). The van der Waals surface area contributed by atoms with Crippen molar-refractivity contribution in [3.63, 3.8) is 0 Å². The maximum Gasteiger partial charge on any atom is 0.272 e. The second-order valence-electron chi connectivity index (χ2n) is 4.50. The van der Waals surface area contributed by atoms with Crippen LogP contribution in [0, 0.1) is 4.64 Å². The summed E-state index contributed by atoms with van der Waals surface area (Å²) in [6.07, 6.45) is 1.62. The molecular weight excluding hydrogens is 316 g/mol. The predicted molar refractivity (Wildman–Crippen MR) is 88.7 cm³/mol. The topological polar surface area (TPSA) is 95.2 Å². The summed E-state index contributed by atoms with van der Waals surface area (Å²) in [5, 5.41) is 2.92. The highest BCUT2D eigenvalue weighted by Crippen LogP contribution is 2.14. The summed E-state index contributed by atoms with van der Waals surface area (Å²) in [5.41, 5.74) is 5.67. The molecule has 120 valence electrons. The second kappa shape index (κ2) is 7.95. The molecule has 0 aliphatic rings. The molecule has 0 radical (unpaired) electrons. The molecule has 0 saturated heterocycles. The van der Waals surface area contributed by atoms with Gasteiger partial charge >= 0.3 is 0 Å². The molecule has 7 nitrogen and oxygen atoms in total. The van der Waals surface area contributed by atoms with Gasteiger partial charge in [-0.1, -0.05) is 12.2 Å². The van der Waals surface area contributed by atoms with Crippen molar-refractivity contribution in [2.45, 2.75) is 0 Å². The van der Waals surface area contributed by atoms with E-state index in [2.05, 4.69) is 21.2 Å². The molecule has 23 heavy (non-hydrogen) atoms. The van der Waals surface area contributed by atoms with Crippen molar-refractivity contribution in [1.82, 2.24) is 15.8 Å². The zero-order chi connectivity index (χ0) is 16.7. The van der Waals surface area contributed by atoms with E-state index in [1.807, 2.05) is 0 Å². The van der Waals surface area contributed by atoms with Gasteiger partial charge in [0.25, 0.3) is 11.8 Å². The van der Waals surface area contributed by atoms with Gasteiger partial charge in [0.1, 0.15) is 10.4 Å². The summed E-state index contributed by atoms with van der Waals surface area (Å²) in [5.74, 6) is -0.142. The smallest absolute Gasteiger partial charge is 0.272 e. The number of methoxy groups -OCH3 is 1. The minimum atomic E-state index is -0.482. The quantitative estimate of drug-likeness (QED) is 0.493. The number of rotatable bonds is 5. The van der Waals surface area contributed by atoms with Gasteiger partial charge in [0.2, 0.25) is 0 Å². The average Bonchev–Trinajstić information content (AvgIpc) is 2.58. The summed E-state index contributed by atoms with van der Waals surface area (Å²) < 4.78 is 5.35. The Hall–Kier alpha value is -2.87. The average molecular weight is 332 g/mol. The maximum absolute atomic E-state index is 11.9. The second-order valence-corrected chi connectivity index (χ2v) is 4.91. The molecule has 0 bridgehead atoms. The van der Waals surface area contributed by atoms with E-state index < -0.39 is 5.91 Å². The lowest BCUT2D eigenvalue weighted by molar-refractivity contribution is -0.120. The van der Waals surface area contributed by atoms with E-state index in [4.69, 9.17) is 17.0 Å². The van der Waals surface area contributed by atoms with Crippen LogP contribution in [-0.4, -0.2) is 30.5 Å². The monoisotopic (exact) mass is 332 g/mol. The van der Waals surface area contributed by atoms with Crippen LogP contribution in [0.5, 0.6) is 5.75 Å². The Balaban J connectivity index is 1.79. The van der Waals surface area contributed by atoms with Gasteiger partial charge in [-0.2, -0.15) is 0 Å². The first-order valence-electron chi connectivity index (χ1n) is 6.75. The van der Waals surface area contributed by atoms with Gasteiger partial charge in [0.05, 0.1) is 19.2 Å². The SMILES string of the molecule is COc1ccc(NCC(=O)NNC(=O)c2ccc[nH]c2=S)cc1. The zero-order valence-electron chi connectivity index (χ0n) is 12.4. The Labute approximate surface area is 138 Å². The molecule has 1 aromatic heterocycles. The van der Waals surface area contributed by atoms with Gasteiger partial charge in [-0.3, -0.25) is 20.4 Å². The molecule has 2 aromatic rings. The molecule has 8 heteroatoms. The van der Waals surface area contributed by atoms with Gasteiger partial charge in [-0.05, 0) is 36.4 Å². The van der Waals surface area contributed by atoms with Crippen molar-refractivity contribution < 1.29 is 14.3 Å². The van der Waals surface area contributed by atoms with Crippen LogP contribution in [0.4, 0.5) is 5.69 Å². The standard InChI is InChI=1S/C15H16N4O3S/c1-22-11-6-4-10(5-7-11)17-9-13(20)18-19-14(21)12-3-2-8-16-15(12)23/h2-8,17H,9H2,1H3,(H,16,23)(H,18,20)(H,19,21). The number of aromatic nitrogens is 1. The van der Waals surface area contributed by atoms with Crippen LogP contribution in [0.15, 0.2) is 42.6 Å². The normalized spacial score (nSPS) is 9.78. The van der Waals surface area contributed by atoms with Crippen molar-refractivity contribution in [2.24, 2.45) is 0 Å². The number of hydrazine groups is 1. The molecule has 0 spiro atoms. The van der Waals surface area contributed by atoms with Crippen molar-refractivity contribution in [3.05, 3.63) is 52.8 Å². The number of amides is 2. The number of anilines is 1. The molecule has 4 N–H and O–H groups in total. The number of hydrogen-bond donors (Lipinski definition) is 4. The lowest BCUT2D eigenvalue weighted by Crippen LogP contribution is -2.44. The van der Waals surface area contributed by atoms with Gasteiger partial charge in [-0.25, -0.2) is 0 Å². The number of pyridine rings is 1. The van der Waals surface area contributed by atoms with E-state index in [1.54, 1.807) is 49.7 Å². The predicted octanol–water partition coefficient (Wildman–Crippen LogP) is 1.63. The lowest BCUT2D eigenvalue weighted by atomic mass is 10.3. The largest absolute Gasteiger partial charge is 0.497 e. The van der Waals surface area contributed by atoms with Gasteiger partial charge in [-0.15, -0.1) is 0 Å². The Morgan fingerprint density at radius 1 is 1.17 bits per heavy atom. The van der Waals surface area contributed by atoms with Crippen LogP contribution < -0.4 is 20.9 Å². The molecule has 0 fully saturated rings. The van der Waals surface area contributed by atoms with Crippen molar-refractivity contribution in [1.29, 1.82) is 0 Å². The summed E-state index contributed by atoms with van der Waals surface area (Å²) in [7, 11) is 1.58. The number of carbonyl (C=O) groups is 2. The molecule has 0 aliphatic carbocycles. The highest BCUT2D eigenvalue weighted by Gasteiger charge is 2.08. The molecule has 0 saturated carbocycles. The molecule has 1 heterocycles. The van der Waals surface area contributed by atoms with Crippen LogP contribution in [0.3, 0.4) is 0 Å². The summed E-state index contributed by atoms with van der Waals surface area (Å²) in [6, 6.07) is 10.3. The third kappa shape index (κ3) is 4.82. The number of nitrogens with one attached hydrogen (secondary N) is 4. The van der Waals surface area contributed by atoms with Crippen LogP contribution >= 0.6 is 12.2 Å². The first-order chi connectivity index (χ1) is 11.1. The Morgan fingerprint density at radius 3 is 2.57 bits per heavy atom. The fraction of sp³-hybridized carbons (Fsp3) is 0.133. The Morgan fingerprint density at radius 2 is 1.91 bits per heavy atom. The number of carbonyl (C=O) groups excluding carboxylic acids is 2. The lowest BCUT2D eigenvalue weighted by Gasteiger charge is -2.09. The van der Waals surface area contributed by atoms with E-state index >= 15 is 0 Å². The van der Waals surface area contributed by atoms with Crippen LogP contribution in [0.1, 0.15) is 10.4 Å². The van der Waals surface area contributed by atoms with Crippen LogP contribution in [-0.2, 0) is 4.79 Å². The van der Waals surface area contributed by atoms with Crippen LogP contribution in [0.25, 0.3) is 0 Å². The zero-order valence-corrected chi connectivity index (χ0v) is 13.2. The van der Waals surface area contributed by atoms with E-state index in [1.165, 1.54) is 0 Å².